The lowest BCUT2D eigenvalue weighted by Gasteiger charge is -2.37. The van der Waals surface area contributed by atoms with Crippen LogP contribution in [0.4, 0.5) is 5.82 Å². The second kappa shape index (κ2) is 10.1. The van der Waals surface area contributed by atoms with Gasteiger partial charge in [0.1, 0.15) is 11.9 Å². The fourth-order valence-electron chi connectivity index (χ4n) is 4.31. The Labute approximate surface area is 188 Å². The van der Waals surface area contributed by atoms with E-state index in [1.807, 2.05) is 32.0 Å². The molecule has 1 aliphatic rings. The summed E-state index contributed by atoms with van der Waals surface area (Å²) in [7, 11) is 3.54. The van der Waals surface area contributed by atoms with Crippen LogP contribution < -0.4 is 4.74 Å². The molecule has 2 aromatic heterocycles. The van der Waals surface area contributed by atoms with E-state index in [-0.39, 0.29) is 24.2 Å². The number of methoxy groups -OCH3 is 1. The van der Waals surface area contributed by atoms with Crippen molar-refractivity contribution in [1.82, 2.24) is 24.3 Å². The number of amides is 1. The number of hydrogen-bond acceptors (Lipinski definition) is 7. The Balaban J connectivity index is 1.50. The van der Waals surface area contributed by atoms with Crippen molar-refractivity contribution < 1.29 is 14.5 Å². The molecule has 0 atom stereocenters. The van der Waals surface area contributed by atoms with Gasteiger partial charge in [0.25, 0.3) is 0 Å². The Morgan fingerprint density at radius 1 is 1.31 bits per heavy atom. The number of aromatic nitrogens is 3. The minimum atomic E-state index is -0.519. The van der Waals surface area contributed by atoms with Gasteiger partial charge in [-0.2, -0.15) is 0 Å². The zero-order valence-corrected chi connectivity index (χ0v) is 19.5. The Hall–Kier alpha value is -3.01. The molecule has 1 fully saturated rings. The van der Waals surface area contributed by atoms with E-state index in [0.29, 0.717) is 12.4 Å². The molecule has 0 spiro atoms. The van der Waals surface area contributed by atoms with Crippen LogP contribution in [-0.4, -0.2) is 68.5 Å². The first-order chi connectivity index (χ1) is 15.2. The van der Waals surface area contributed by atoms with Crippen LogP contribution in [0, 0.1) is 30.9 Å². The number of likely N-dealkylation sites (tertiary alicyclic amines) is 1. The van der Waals surface area contributed by atoms with Gasteiger partial charge in [-0.15, -0.1) is 0 Å². The van der Waals surface area contributed by atoms with Crippen molar-refractivity contribution in [1.29, 1.82) is 0 Å². The van der Waals surface area contributed by atoms with Crippen LogP contribution in [-0.2, 0) is 17.9 Å². The van der Waals surface area contributed by atoms with E-state index in [1.54, 1.807) is 18.6 Å². The molecule has 0 bridgehead atoms. The summed E-state index contributed by atoms with van der Waals surface area (Å²) in [5, 5.41) is 10.9. The number of ether oxygens (including phenoxy) is 1. The molecule has 0 aromatic carbocycles. The molecular weight excluding hydrogens is 412 g/mol. The molecular formula is C22H32N6O4. The van der Waals surface area contributed by atoms with Gasteiger partial charge >= 0.3 is 5.82 Å². The summed E-state index contributed by atoms with van der Waals surface area (Å²) in [4.78, 5) is 35.8. The van der Waals surface area contributed by atoms with Crippen molar-refractivity contribution in [3.63, 3.8) is 0 Å². The number of carbonyl (C=O) groups is 1. The molecule has 174 valence electrons. The highest BCUT2D eigenvalue weighted by Crippen LogP contribution is 2.26. The number of nitrogens with zero attached hydrogens (tertiary/aromatic N) is 6. The smallest absolute Gasteiger partial charge is 0.381 e. The Morgan fingerprint density at radius 3 is 2.59 bits per heavy atom. The number of rotatable bonds is 8. The zero-order valence-electron chi connectivity index (χ0n) is 19.5. The van der Waals surface area contributed by atoms with E-state index in [4.69, 9.17) is 4.74 Å². The van der Waals surface area contributed by atoms with Crippen molar-refractivity contribution in [2.75, 3.05) is 27.2 Å². The number of aryl methyl sites for hydroxylation is 3. The number of carbonyl (C=O) groups excluding carboxylic acids is 1. The molecule has 0 unspecified atom stereocenters. The summed E-state index contributed by atoms with van der Waals surface area (Å²) in [5.74, 6) is 1.29. The molecule has 3 heterocycles. The van der Waals surface area contributed by atoms with Crippen LogP contribution in [0.3, 0.4) is 0 Å². The van der Waals surface area contributed by atoms with Gasteiger partial charge < -0.3 is 24.3 Å². The second-order valence-corrected chi connectivity index (χ2v) is 8.40. The normalized spacial score (nSPS) is 15.0. The lowest BCUT2D eigenvalue weighted by Crippen LogP contribution is -2.45. The third kappa shape index (κ3) is 5.24. The minimum absolute atomic E-state index is 0.0417. The van der Waals surface area contributed by atoms with Gasteiger partial charge in [0, 0.05) is 69.9 Å². The maximum atomic E-state index is 12.7. The molecule has 1 saturated heterocycles. The van der Waals surface area contributed by atoms with Crippen LogP contribution >= 0.6 is 0 Å². The van der Waals surface area contributed by atoms with Crippen molar-refractivity contribution in [2.24, 2.45) is 0 Å². The highest BCUT2D eigenvalue weighted by atomic mass is 16.6. The Kier molecular flexibility index (Phi) is 7.44. The van der Waals surface area contributed by atoms with E-state index in [9.17, 15) is 14.9 Å². The second-order valence-electron chi connectivity index (χ2n) is 8.40. The Morgan fingerprint density at radius 2 is 2.00 bits per heavy atom. The van der Waals surface area contributed by atoms with Crippen LogP contribution in [0.25, 0.3) is 0 Å². The van der Waals surface area contributed by atoms with Gasteiger partial charge in [-0.25, -0.2) is 0 Å². The first-order valence-electron chi connectivity index (χ1n) is 10.9. The maximum absolute atomic E-state index is 12.7. The van der Waals surface area contributed by atoms with Crippen molar-refractivity contribution in [2.45, 2.75) is 59.2 Å². The first kappa shape index (κ1) is 23.6. The monoisotopic (exact) mass is 444 g/mol. The van der Waals surface area contributed by atoms with E-state index in [2.05, 4.69) is 14.9 Å². The highest BCUT2D eigenvalue weighted by Gasteiger charge is 2.26. The fourth-order valence-corrected chi connectivity index (χ4v) is 4.31. The molecule has 32 heavy (non-hydrogen) atoms. The third-order valence-electron chi connectivity index (χ3n) is 6.34. The van der Waals surface area contributed by atoms with E-state index >= 15 is 0 Å². The van der Waals surface area contributed by atoms with Crippen LogP contribution in [0.15, 0.2) is 12.4 Å². The van der Waals surface area contributed by atoms with Crippen LogP contribution in [0.1, 0.15) is 41.9 Å². The number of hydrogen-bond donors (Lipinski definition) is 0. The molecule has 0 N–H and O–H groups in total. The predicted octanol–water partition coefficient (Wildman–Crippen LogP) is 2.63. The van der Waals surface area contributed by atoms with Gasteiger partial charge in [-0.3, -0.25) is 14.7 Å². The molecule has 10 nitrogen and oxygen atoms in total. The van der Waals surface area contributed by atoms with E-state index in [1.165, 1.54) is 6.20 Å². The van der Waals surface area contributed by atoms with Crippen molar-refractivity contribution in [3.8, 4) is 5.75 Å². The average molecular weight is 445 g/mol. The lowest BCUT2D eigenvalue weighted by molar-refractivity contribution is -0.389. The number of pyridine rings is 1. The lowest BCUT2D eigenvalue weighted by atomic mass is 10.0. The minimum Gasteiger partial charge on any atom is -0.496 e. The number of imidazole rings is 1. The van der Waals surface area contributed by atoms with Crippen LogP contribution in [0.5, 0.6) is 5.75 Å². The summed E-state index contributed by atoms with van der Waals surface area (Å²) in [6, 6.07) is 0.193. The van der Waals surface area contributed by atoms with Crippen molar-refractivity contribution in [3.05, 3.63) is 45.2 Å². The summed E-state index contributed by atoms with van der Waals surface area (Å²) in [6.45, 7) is 8.69. The largest absolute Gasteiger partial charge is 0.496 e. The number of nitro groups is 1. The van der Waals surface area contributed by atoms with Gasteiger partial charge in [0.2, 0.25) is 11.7 Å². The highest BCUT2D eigenvalue weighted by molar-refractivity contribution is 5.76. The summed E-state index contributed by atoms with van der Waals surface area (Å²) in [5.41, 5.74) is 3.14. The topological polar surface area (TPSA) is 107 Å². The predicted molar refractivity (Wildman–Crippen MR) is 120 cm³/mol. The van der Waals surface area contributed by atoms with Gasteiger partial charge in [0.05, 0.1) is 12.8 Å². The van der Waals surface area contributed by atoms with Gasteiger partial charge in [0.15, 0.2) is 0 Å². The molecule has 1 aliphatic heterocycles. The summed E-state index contributed by atoms with van der Waals surface area (Å²) >= 11 is 0. The molecule has 2 aromatic rings. The third-order valence-corrected chi connectivity index (χ3v) is 6.34. The number of piperidine rings is 1. The quantitative estimate of drug-likeness (QED) is 0.455. The van der Waals surface area contributed by atoms with Crippen LogP contribution in [0.2, 0.25) is 0 Å². The molecule has 1 amide bonds. The molecule has 3 rings (SSSR count). The van der Waals surface area contributed by atoms with Gasteiger partial charge in [-0.1, -0.05) is 0 Å². The Bertz CT molecular complexity index is 981. The standard InChI is InChI=1S/C22H32N6O4/c1-15-12-23-19(16(2)22(15)32-5)13-26-9-6-18(7-10-26)25(4)21(29)8-11-27-14-20(28(30)31)24-17(27)3/h12,14,18H,6-11,13H2,1-5H3. The molecule has 0 radical (unpaired) electrons. The molecule has 10 heteroatoms. The SMILES string of the molecule is COc1c(C)cnc(CN2CCC(N(C)C(=O)CCn3cc([N+](=O)[O-])nc3C)CC2)c1C. The van der Waals surface area contributed by atoms with Gasteiger partial charge in [-0.05, 0) is 36.6 Å². The zero-order chi connectivity index (χ0) is 23.4. The first-order valence-corrected chi connectivity index (χ1v) is 10.9. The molecule has 0 aliphatic carbocycles. The van der Waals surface area contributed by atoms with E-state index in [0.717, 1.165) is 55.0 Å². The van der Waals surface area contributed by atoms with E-state index < -0.39 is 4.92 Å². The summed E-state index contributed by atoms with van der Waals surface area (Å²) < 4.78 is 7.18. The fraction of sp³-hybridized carbons (Fsp3) is 0.591. The average Bonchev–Trinajstić information content (AvgIpc) is 3.15. The molecule has 0 saturated carbocycles. The maximum Gasteiger partial charge on any atom is 0.381 e. The summed E-state index contributed by atoms with van der Waals surface area (Å²) in [6.07, 6.45) is 5.34. The van der Waals surface area contributed by atoms with Crippen molar-refractivity contribution >= 4 is 11.7 Å².